The summed E-state index contributed by atoms with van der Waals surface area (Å²) in [7, 11) is 7.54. The van der Waals surface area contributed by atoms with Gasteiger partial charge in [-0.1, -0.05) is 0 Å². The molecular formula is C14H24N4O. The number of likely N-dealkylation sites (N-methyl/N-ethyl adjacent to an activating group) is 1. The molecule has 0 bridgehead atoms. The third-order valence-electron chi connectivity index (χ3n) is 3.32. The van der Waals surface area contributed by atoms with E-state index < -0.39 is 0 Å². The van der Waals surface area contributed by atoms with Gasteiger partial charge in [-0.25, -0.2) is 0 Å². The molecule has 19 heavy (non-hydrogen) atoms. The summed E-state index contributed by atoms with van der Waals surface area (Å²) < 4.78 is 0. The first-order valence-corrected chi connectivity index (χ1v) is 6.33. The van der Waals surface area contributed by atoms with Gasteiger partial charge in [0.15, 0.2) is 0 Å². The molecule has 0 saturated carbocycles. The highest BCUT2D eigenvalue weighted by atomic mass is 16.2. The van der Waals surface area contributed by atoms with Crippen LogP contribution in [-0.4, -0.2) is 61.0 Å². The summed E-state index contributed by atoms with van der Waals surface area (Å²) in [5, 5.41) is 3.35. The van der Waals surface area contributed by atoms with Gasteiger partial charge in [-0.15, -0.1) is 0 Å². The van der Waals surface area contributed by atoms with Crippen molar-refractivity contribution in [2.75, 3.05) is 40.1 Å². The molecule has 5 nitrogen and oxygen atoms in total. The number of carbonyl (C=O) groups is 1. The number of hydrogen-bond acceptors (Lipinski definition) is 4. The topological polar surface area (TPSA) is 48.5 Å². The summed E-state index contributed by atoms with van der Waals surface area (Å²) in [5.41, 5.74) is 1.41. The molecule has 0 radical (unpaired) electrons. The molecule has 1 aromatic rings. The Morgan fingerprint density at radius 2 is 1.95 bits per heavy atom. The van der Waals surface area contributed by atoms with Crippen molar-refractivity contribution >= 4 is 11.6 Å². The van der Waals surface area contributed by atoms with E-state index in [0.29, 0.717) is 5.69 Å². The zero-order valence-corrected chi connectivity index (χ0v) is 12.7. The molecule has 1 aromatic heterocycles. The minimum absolute atomic E-state index is 0.0367. The molecule has 1 N–H and O–H groups in total. The Morgan fingerprint density at radius 3 is 2.47 bits per heavy atom. The van der Waals surface area contributed by atoms with Crippen molar-refractivity contribution in [3.8, 4) is 0 Å². The van der Waals surface area contributed by atoms with Crippen LogP contribution in [0, 0.1) is 0 Å². The van der Waals surface area contributed by atoms with Gasteiger partial charge in [-0.05, 0) is 40.1 Å². The maximum atomic E-state index is 11.8. The minimum Gasteiger partial charge on any atom is -0.383 e. The molecule has 5 heteroatoms. The summed E-state index contributed by atoms with van der Waals surface area (Å²) >= 11 is 0. The van der Waals surface area contributed by atoms with Crippen LogP contribution in [0.3, 0.4) is 0 Å². The SMILES string of the molecule is CN(C)C(=O)c1cc(NCC(C)(C)N(C)C)ccn1. The van der Waals surface area contributed by atoms with E-state index in [1.807, 2.05) is 6.07 Å². The molecule has 0 aliphatic rings. The van der Waals surface area contributed by atoms with Crippen LogP contribution in [0.4, 0.5) is 5.69 Å². The van der Waals surface area contributed by atoms with Crippen LogP contribution in [-0.2, 0) is 0 Å². The number of hydrogen-bond donors (Lipinski definition) is 1. The zero-order valence-electron chi connectivity index (χ0n) is 12.7. The van der Waals surface area contributed by atoms with E-state index in [1.54, 1.807) is 26.4 Å². The van der Waals surface area contributed by atoms with Gasteiger partial charge in [0, 0.05) is 38.1 Å². The maximum Gasteiger partial charge on any atom is 0.272 e. The number of amides is 1. The van der Waals surface area contributed by atoms with Crippen molar-refractivity contribution in [3.05, 3.63) is 24.0 Å². The maximum absolute atomic E-state index is 11.8. The third kappa shape index (κ3) is 4.21. The summed E-state index contributed by atoms with van der Waals surface area (Å²) in [6.45, 7) is 5.11. The Balaban J connectivity index is 2.76. The predicted molar refractivity (Wildman–Crippen MR) is 78.5 cm³/mol. The van der Waals surface area contributed by atoms with Crippen molar-refractivity contribution in [1.29, 1.82) is 0 Å². The number of nitrogens with one attached hydrogen (secondary N) is 1. The van der Waals surface area contributed by atoms with Crippen molar-refractivity contribution in [2.45, 2.75) is 19.4 Å². The van der Waals surface area contributed by atoms with Crippen LogP contribution in [0.15, 0.2) is 18.3 Å². The van der Waals surface area contributed by atoms with Gasteiger partial charge < -0.3 is 15.1 Å². The summed E-state index contributed by atoms with van der Waals surface area (Å²) in [4.78, 5) is 19.6. The molecule has 0 fully saturated rings. The van der Waals surface area contributed by atoms with Gasteiger partial charge in [-0.2, -0.15) is 0 Å². The molecule has 0 spiro atoms. The van der Waals surface area contributed by atoms with E-state index >= 15 is 0 Å². The smallest absolute Gasteiger partial charge is 0.272 e. The fourth-order valence-corrected chi connectivity index (χ4v) is 1.36. The van der Waals surface area contributed by atoms with E-state index in [0.717, 1.165) is 12.2 Å². The number of anilines is 1. The molecule has 0 unspecified atom stereocenters. The second-order valence-corrected chi connectivity index (χ2v) is 5.69. The van der Waals surface area contributed by atoms with Crippen LogP contribution < -0.4 is 5.32 Å². The highest BCUT2D eigenvalue weighted by molar-refractivity contribution is 5.92. The average molecular weight is 264 g/mol. The second kappa shape index (κ2) is 6.02. The normalized spacial score (nSPS) is 11.5. The zero-order chi connectivity index (χ0) is 14.6. The number of aromatic nitrogens is 1. The molecule has 0 saturated heterocycles. The van der Waals surface area contributed by atoms with Crippen LogP contribution in [0.2, 0.25) is 0 Å². The molecule has 0 aliphatic heterocycles. The lowest BCUT2D eigenvalue weighted by molar-refractivity contribution is 0.0822. The van der Waals surface area contributed by atoms with E-state index in [-0.39, 0.29) is 11.4 Å². The molecule has 0 aromatic carbocycles. The molecule has 1 rings (SSSR count). The Kier molecular flexibility index (Phi) is 4.89. The Labute approximate surface area is 115 Å². The molecular weight excluding hydrogens is 240 g/mol. The van der Waals surface area contributed by atoms with Gasteiger partial charge in [0.25, 0.3) is 5.91 Å². The average Bonchev–Trinajstić information content (AvgIpc) is 2.35. The highest BCUT2D eigenvalue weighted by Gasteiger charge is 2.20. The summed E-state index contributed by atoms with van der Waals surface area (Å²) in [5.74, 6) is -0.0875. The monoisotopic (exact) mass is 264 g/mol. The van der Waals surface area contributed by atoms with Crippen LogP contribution in [0.1, 0.15) is 24.3 Å². The van der Waals surface area contributed by atoms with Crippen molar-refractivity contribution in [1.82, 2.24) is 14.8 Å². The van der Waals surface area contributed by atoms with Crippen LogP contribution in [0.5, 0.6) is 0 Å². The van der Waals surface area contributed by atoms with Crippen molar-refractivity contribution < 1.29 is 4.79 Å². The van der Waals surface area contributed by atoms with E-state index in [9.17, 15) is 4.79 Å². The first kappa shape index (κ1) is 15.4. The lowest BCUT2D eigenvalue weighted by Gasteiger charge is -2.33. The molecule has 1 heterocycles. The first-order chi connectivity index (χ1) is 8.74. The van der Waals surface area contributed by atoms with Gasteiger partial charge in [-0.3, -0.25) is 9.78 Å². The fourth-order valence-electron chi connectivity index (χ4n) is 1.36. The third-order valence-corrected chi connectivity index (χ3v) is 3.32. The number of carbonyl (C=O) groups excluding carboxylic acids is 1. The van der Waals surface area contributed by atoms with Crippen molar-refractivity contribution in [2.24, 2.45) is 0 Å². The highest BCUT2D eigenvalue weighted by Crippen LogP contribution is 2.14. The van der Waals surface area contributed by atoms with Gasteiger partial charge in [0.2, 0.25) is 0 Å². The lowest BCUT2D eigenvalue weighted by atomic mass is 10.0. The van der Waals surface area contributed by atoms with Gasteiger partial charge in [0.1, 0.15) is 5.69 Å². The van der Waals surface area contributed by atoms with E-state index in [1.165, 1.54) is 4.90 Å². The number of pyridine rings is 1. The Hall–Kier alpha value is -1.62. The summed E-state index contributed by atoms with van der Waals surface area (Å²) in [6.07, 6.45) is 1.65. The van der Waals surface area contributed by atoms with Gasteiger partial charge >= 0.3 is 0 Å². The standard InChI is InChI=1S/C14H24N4O/c1-14(2,18(5)6)10-16-11-7-8-15-12(9-11)13(19)17(3)4/h7-9H,10H2,1-6H3,(H,15,16). The quantitative estimate of drug-likeness (QED) is 0.876. The predicted octanol–water partition coefficient (Wildman–Crippen LogP) is 1.54. The van der Waals surface area contributed by atoms with Crippen molar-refractivity contribution in [3.63, 3.8) is 0 Å². The lowest BCUT2D eigenvalue weighted by Crippen LogP contribution is -2.44. The number of rotatable bonds is 5. The minimum atomic E-state index is -0.0875. The first-order valence-electron chi connectivity index (χ1n) is 6.33. The van der Waals surface area contributed by atoms with E-state index in [4.69, 9.17) is 0 Å². The molecule has 0 atom stereocenters. The fraction of sp³-hybridized carbons (Fsp3) is 0.571. The summed E-state index contributed by atoms with van der Waals surface area (Å²) in [6, 6.07) is 3.66. The van der Waals surface area contributed by atoms with Crippen LogP contribution in [0.25, 0.3) is 0 Å². The van der Waals surface area contributed by atoms with Gasteiger partial charge in [0.05, 0.1) is 0 Å². The Bertz CT molecular complexity index is 441. The second-order valence-electron chi connectivity index (χ2n) is 5.69. The molecule has 106 valence electrons. The molecule has 1 amide bonds. The van der Waals surface area contributed by atoms with E-state index in [2.05, 4.69) is 43.1 Å². The number of nitrogens with zero attached hydrogens (tertiary/aromatic N) is 3. The largest absolute Gasteiger partial charge is 0.383 e. The Morgan fingerprint density at radius 1 is 1.32 bits per heavy atom. The van der Waals surface area contributed by atoms with Crippen LogP contribution >= 0.6 is 0 Å². The molecule has 0 aliphatic carbocycles.